The van der Waals surface area contributed by atoms with E-state index < -0.39 is 9.84 Å². The molecular weight excluding hydrogens is 378 g/mol. The number of anilines is 2. The summed E-state index contributed by atoms with van der Waals surface area (Å²) in [4.78, 5) is 14.5. The molecule has 1 aromatic carbocycles. The van der Waals surface area contributed by atoms with Gasteiger partial charge in [0.25, 0.3) is 0 Å². The van der Waals surface area contributed by atoms with E-state index in [0.717, 1.165) is 22.6 Å². The summed E-state index contributed by atoms with van der Waals surface area (Å²) in [6, 6.07) is 6.04. The lowest BCUT2D eigenvalue weighted by Crippen LogP contribution is -2.36. The third-order valence-corrected chi connectivity index (χ3v) is 7.66. The van der Waals surface area contributed by atoms with Gasteiger partial charge in [-0.05, 0) is 43.4 Å². The molecule has 2 aliphatic heterocycles. The number of rotatable bonds is 4. The minimum atomic E-state index is -2.97. The maximum Gasteiger partial charge on any atom is 0.223 e. The van der Waals surface area contributed by atoms with Gasteiger partial charge in [-0.15, -0.1) is 0 Å². The van der Waals surface area contributed by atoms with Crippen molar-refractivity contribution >= 4 is 27.2 Å². The average Bonchev–Trinajstić information content (AvgIpc) is 3.21. The minimum absolute atomic E-state index is 0.00614. The van der Waals surface area contributed by atoms with Crippen LogP contribution in [-0.4, -0.2) is 42.4 Å². The summed E-state index contributed by atoms with van der Waals surface area (Å²) in [5.74, 6) is 1.72. The Kier molecular flexibility index (Phi) is 4.91. The first kappa shape index (κ1) is 19.0. The van der Waals surface area contributed by atoms with Crippen molar-refractivity contribution in [1.29, 1.82) is 0 Å². The number of hydrogen-bond donors (Lipinski definition) is 1. The van der Waals surface area contributed by atoms with Crippen LogP contribution in [0, 0.1) is 19.8 Å². The smallest absolute Gasteiger partial charge is 0.223 e. The van der Waals surface area contributed by atoms with Gasteiger partial charge in [-0.1, -0.05) is 17.3 Å². The van der Waals surface area contributed by atoms with Gasteiger partial charge in [0.1, 0.15) is 5.76 Å². The molecule has 2 aromatic rings. The van der Waals surface area contributed by atoms with Gasteiger partial charge in [-0.25, -0.2) is 8.42 Å². The number of amides is 1. The van der Waals surface area contributed by atoms with Gasteiger partial charge in [0.15, 0.2) is 15.7 Å². The Bertz CT molecular complexity index is 1010. The van der Waals surface area contributed by atoms with Gasteiger partial charge in [0.05, 0.1) is 23.6 Å². The normalized spacial score (nSPS) is 20.8. The van der Waals surface area contributed by atoms with Gasteiger partial charge >= 0.3 is 0 Å². The van der Waals surface area contributed by atoms with Crippen LogP contribution in [0.5, 0.6) is 0 Å². The van der Waals surface area contributed by atoms with Crippen LogP contribution < -0.4 is 5.32 Å². The molecule has 0 saturated carbocycles. The van der Waals surface area contributed by atoms with Crippen molar-refractivity contribution in [2.45, 2.75) is 39.7 Å². The molecular formula is C20H25N3O4S. The topological polar surface area (TPSA) is 92.5 Å². The molecule has 0 spiro atoms. The Balaban J connectivity index is 1.47. The highest BCUT2D eigenvalue weighted by Crippen LogP contribution is 2.31. The molecule has 28 heavy (non-hydrogen) atoms. The van der Waals surface area contributed by atoms with Crippen LogP contribution >= 0.6 is 0 Å². The molecule has 2 aliphatic rings. The number of nitrogens with one attached hydrogen (secondary N) is 1. The van der Waals surface area contributed by atoms with Gasteiger partial charge in [0, 0.05) is 25.1 Å². The number of benzene rings is 1. The van der Waals surface area contributed by atoms with E-state index in [0.29, 0.717) is 38.2 Å². The monoisotopic (exact) mass is 403 g/mol. The van der Waals surface area contributed by atoms with Gasteiger partial charge in [-0.3, -0.25) is 4.79 Å². The van der Waals surface area contributed by atoms with Crippen molar-refractivity contribution in [2.24, 2.45) is 5.92 Å². The van der Waals surface area contributed by atoms with Crippen molar-refractivity contribution < 1.29 is 17.7 Å². The van der Waals surface area contributed by atoms with Crippen LogP contribution in [0.15, 0.2) is 22.7 Å². The van der Waals surface area contributed by atoms with Crippen molar-refractivity contribution in [3.8, 4) is 0 Å². The summed E-state index contributed by atoms with van der Waals surface area (Å²) in [5.41, 5.74) is 4.20. The van der Waals surface area contributed by atoms with Gasteiger partial charge in [0.2, 0.25) is 5.91 Å². The number of carbonyl (C=O) groups excluding carboxylic acids is 1. The Hall–Kier alpha value is -2.35. The predicted octanol–water partition coefficient (Wildman–Crippen LogP) is 2.74. The fourth-order valence-electron chi connectivity index (χ4n) is 3.94. The maximum absolute atomic E-state index is 12.7. The summed E-state index contributed by atoms with van der Waals surface area (Å²) in [5, 5.41) is 7.52. The van der Waals surface area contributed by atoms with Crippen molar-refractivity contribution in [2.75, 3.05) is 23.4 Å². The molecule has 0 radical (unpaired) electrons. The summed E-state index contributed by atoms with van der Waals surface area (Å²) in [7, 11) is -2.97. The quantitative estimate of drug-likeness (QED) is 0.844. The third kappa shape index (κ3) is 3.78. The molecule has 1 amide bonds. The molecule has 8 heteroatoms. The van der Waals surface area contributed by atoms with Crippen molar-refractivity contribution in [1.82, 2.24) is 10.1 Å². The summed E-state index contributed by atoms with van der Waals surface area (Å²) in [6.07, 6.45) is 1.49. The number of carbonyl (C=O) groups is 1. The molecule has 1 aromatic heterocycles. The van der Waals surface area contributed by atoms with E-state index in [-0.39, 0.29) is 23.3 Å². The molecule has 3 heterocycles. The number of fused-ring (bicyclic) bond motifs is 1. The first-order valence-electron chi connectivity index (χ1n) is 9.61. The third-order valence-electron chi connectivity index (χ3n) is 5.83. The van der Waals surface area contributed by atoms with Crippen molar-refractivity contribution in [3.05, 3.63) is 40.6 Å². The Morgan fingerprint density at radius 1 is 1.36 bits per heavy atom. The van der Waals surface area contributed by atoms with Crippen LogP contribution in [0.4, 0.5) is 11.5 Å². The fourth-order valence-corrected chi connectivity index (χ4v) is 5.81. The summed E-state index contributed by atoms with van der Waals surface area (Å²) < 4.78 is 28.8. The first-order valence-corrected chi connectivity index (χ1v) is 11.4. The molecule has 1 atom stereocenters. The Labute approximate surface area is 165 Å². The Morgan fingerprint density at radius 3 is 2.93 bits per heavy atom. The fraction of sp³-hybridized carbons (Fsp3) is 0.500. The van der Waals surface area contributed by atoms with E-state index in [1.165, 1.54) is 5.56 Å². The zero-order valence-electron chi connectivity index (χ0n) is 16.2. The van der Waals surface area contributed by atoms with E-state index in [4.69, 9.17) is 4.52 Å². The minimum Gasteiger partial charge on any atom is -0.359 e. The average molecular weight is 404 g/mol. The molecule has 0 unspecified atom stereocenters. The molecule has 1 N–H and O–H groups in total. The van der Waals surface area contributed by atoms with E-state index in [1.54, 1.807) is 4.90 Å². The first-order chi connectivity index (χ1) is 13.3. The van der Waals surface area contributed by atoms with Crippen LogP contribution in [0.2, 0.25) is 0 Å². The zero-order valence-corrected chi connectivity index (χ0v) is 17.0. The lowest BCUT2D eigenvalue weighted by atomic mass is 10.0. The maximum atomic E-state index is 12.7. The van der Waals surface area contributed by atoms with Crippen LogP contribution in [0.25, 0.3) is 0 Å². The molecule has 7 nitrogen and oxygen atoms in total. The standard InChI is InChI=1S/C20H25N3O4S/c1-13-4-3-5-17(14(13)2)21-20-16-11-23(8-6-18(16)27-22-20)19(24)10-15-7-9-28(25,26)12-15/h3-5,15H,6-12H2,1-2H3,(H,21,22)/t15-/m0/s1. The largest absolute Gasteiger partial charge is 0.359 e. The highest BCUT2D eigenvalue weighted by Gasteiger charge is 2.33. The van der Waals surface area contributed by atoms with Crippen LogP contribution in [0.3, 0.4) is 0 Å². The second kappa shape index (κ2) is 7.24. The highest BCUT2D eigenvalue weighted by molar-refractivity contribution is 7.91. The van der Waals surface area contributed by atoms with E-state index in [2.05, 4.69) is 30.4 Å². The predicted molar refractivity (Wildman–Crippen MR) is 106 cm³/mol. The number of sulfone groups is 1. The summed E-state index contributed by atoms with van der Waals surface area (Å²) in [6.45, 7) is 5.12. The van der Waals surface area contributed by atoms with Crippen molar-refractivity contribution in [3.63, 3.8) is 0 Å². The lowest BCUT2D eigenvalue weighted by Gasteiger charge is -2.27. The molecule has 1 fully saturated rings. The molecule has 0 bridgehead atoms. The van der Waals surface area contributed by atoms with Gasteiger partial charge in [-0.2, -0.15) is 0 Å². The summed E-state index contributed by atoms with van der Waals surface area (Å²) >= 11 is 0. The van der Waals surface area contributed by atoms with Gasteiger partial charge < -0.3 is 14.7 Å². The van der Waals surface area contributed by atoms with Crippen LogP contribution in [-0.2, 0) is 27.6 Å². The van der Waals surface area contributed by atoms with Crippen LogP contribution in [0.1, 0.15) is 35.3 Å². The molecule has 4 rings (SSSR count). The SMILES string of the molecule is Cc1cccc(Nc2noc3c2CN(C(=O)C[C@@H]2CCS(=O)(=O)C2)CC3)c1C. The molecule has 0 aliphatic carbocycles. The second-order valence-corrected chi connectivity index (χ2v) is 10.1. The second-order valence-electron chi connectivity index (χ2n) is 7.84. The number of nitrogens with zero attached hydrogens (tertiary/aromatic N) is 2. The zero-order chi connectivity index (χ0) is 19.9. The van der Waals surface area contributed by atoms with E-state index in [9.17, 15) is 13.2 Å². The number of aromatic nitrogens is 1. The number of hydrogen-bond acceptors (Lipinski definition) is 6. The Morgan fingerprint density at radius 2 is 2.18 bits per heavy atom. The number of aryl methyl sites for hydroxylation is 1. The molecule has 1 saturated heterocycles. The van der Waals surface area contributed by atoms with E-state index >= 15 is 0 Å². The lowest BCUT2D eigenvalue weighted by molar-refractivity contribution is -0.133. The highest BCUT2D eigenvalue weighted by atomic mass is 32.2. The molecule has 150 valence electrons. The van der Waals surface area contributed by atoms with E-state index in [1.807, 2.05) is 12.1 Å².